The molecule has 2 atom stereocenters. The van der Waals surface area contributed by atoms with E-state index >= 15 is 0 Å². The molecule has 5 nitrogen and oxygen atoms in total. The van der Waals surface area contributed by atoms with E-state index in [1.807, 2.05) is 0 Å². The number of carbonyl (C=O) groups excluding carboxylic acids is 1. The highest BCUT2D eigenvalue weighted by molar-refractivity contribution is 5.86. The van der Waals surface area contributed by atoms with Crippen LogP contribution in [0.3, 0.4) is 0 Å². The molecule has 0 spiro atoms. The van der Waals surface area contributed by atoms with Crippen LogP contribution in [0.15, 0.2) is 0 Å². The van der Waals surface area contributed by atoms with E-state index < -0.39 is 24.0 Å². The minimum Gasteiger partial charge on any atom is -0.480 e. The third kappa shape index (κ3) is 3.57. The van der Waals surface area contributed by atoms with Gasteiger partial charge in [-0.25, -0.2) is 0 Å². The van der Waals surface area contributed by atoms with E-state index in [-0.39, 0.29) is 0 Å². The van der Waals surface area contributed by atoms with E-state index in [1.54, 1.807) is 0 Å². The van der Waals surface area contributed by atoms with Crippen molar-refractivity contribution in [3.8, 4) is 0 Å². The molecule has 0 radical (unpaired) electrons. The lowest BCUT2D eigenvalue weighted by molar-refractivity contribution is -0.141. The van der Waals surface area contributed by atoms with E-state index in [0.717, 1.165) is 0 Å². The molecule has 0 heterocycles. The van der Waals surface area contributed by atoms with Gasteiger partial charge in [0.05, 0.1) is 6.04 Å². The van der Waals surface area contributed by atoms with Gasteiger partial charge in [-0.3, -0.25) is 9.59 Å². The van der Waals surface area contributed by atoms with Crippen LogP contribution in [0.5, 0.6) is 0 Å². The predicted molar refractivity (Wildman–Crippen MR) is 38.9 cm³/mol. The highest BCUT2D eigenvalue weighted by Crippen LogP contribution is 1.83. The molecule has 0 aliphatic rings. The molecular formula is C6H12N2O3. The third-order valence-electron chi connectivity index (χ3n) is 1.14. The Bertz CT molecular complexity index is 167. The van der Waals surface area contributed by atoms with Crippen molar-refractivity contribution in [1.29, 1.82) is 0 Å². The first kappa shape index (κ1) is 9.90. The number of carboxylic acid groups (broad SMARTS) is 1. The zero-order valence-corrected chi connectivity index (χ0v) is 6.50. The highest BCUT2D eigenvalue weighted by atomic mass is 16.4. The van der Waals surface area contributed by atoms with Crippen molar-refractivity contribution in [2.45, 2.75) is 25.9 Å². The van der Waals surface area contributed by atoms with Crippen molar-refractivity contribution in [3.05, 3.63) is 0 Å². The lowest BCUT2D eigenvalue weighted by Gasteiger charge is -2.10. The van der Waals surface area contributed by atoms with Crippen molar-refractivity contribution in [1.82, 2.24) is 5.32 Å². The first-order valence-corrected chi connectivity index (χ1v) is 3.24. The van der Waals surface area contributed by atoms with Crippen molar-refractivity contribution < 1.29 is 14.7 Å². The Morgan fingerprint density at radius 1 is 1.45 bits per heavy atom. The SMILES string of the molecule is CC(NC(=O)[C@@H](C)N)C(=O)O. The van der Waals surface area contributed by atoms with Crippen LogP contribution in [-0.4, -0.2) is 29.1 Å². The van der Waals surface area contributed by atoms with Gasteiger partial charge in [0.15, 0.2) is 0 Å². The van der Waals surface area contributed by atoms with Gasteiger partial charge in [-0.1, -0.05) is 0 Å². The number of aliphatic carboxylic acids is 1. The number of hydrogen-bond donors (Lipinski definition) is 3. The fraction of sp³-hybridized carbons (Fsp3) is 0.667. The molecule has 0 aromatic carbocycles. The normalized spacial score (nSPS) is 15.2. The summed E-state index contributed by atoms with van der Waals surface area (Å²) in [5.41, 5.74) is 5.18. The molecule has 0 bridgehead atoms. The van der Waals surface area contributed by atoms with Crippen molar-refractivity contribution in [2.24, 2.45) is 5.73 Å². The van der Waals surface area contributed by atoms with Crippen LogP contribution < -0.4 is 11.1 Å². The number of nitrogens with one attached hydrogen (secondary N) is 1. The Balaban J connectivity index is 3.85. The van der Waals surface area contributed by atoms with Crippen molar-refractivity contribution >= 4 is 11.9 Å². The number of rotatable bonds is 3. The largest absolute Gasteiger partial charge is 0.480 e. The van der Waals surface area contributed by atoms with Gasteiger partial charge in [-0.15, -0.1) is 0 Å². The van der Waals surface area contributed by atoms with Gasteiger partial charge in [0.2, 0.25) is 5.91 Å². The van der Waals surface area contributed by atoms with E-state index in [0.29, 0.717) is 0 Å². The van der Waals surface area contributed by atoms with Gasteiger partial charge >= 0.3 is 5.97 Å². The maximum absolute atomic E-state index is 10.8. The maximum atomic E-state index is 10.8. The summed E-state index contributed by atoms with van der Waals surface area (Å²) in [4.78, 5) is 21.0. The monoisotopic (exact) mass is 160 g/mol. The van der Waals surface area contributed by atoms with Gasteiger partial charge in [-0.05, 0) is 13.8 Å². The zero-order valence-electron chi connectivity index (χ0n) is 6.50. The molecule has 64 valence electrons. The molecule has 1 amide bonds. The third-order valence-corrected chi connectivity index (χ3v) is 1.14. The molecule has 0 saturated heterocycles. The van der Waals surface area contributed by atoms with E-state index in [1.165, 1.54) is 13.8 Å². The van der Waals surface area contributed by atoms with Gasteiger partial charge < -0.3 is 16.2 Å². The Labute approximate surface area is 64.6 Å². The maximum Gasteiger partial charge on any atom is 0.325 e. The Hall–Kier alpha value is -1.10. The number of hydrogen-bond acceptors (Lipinski definition) is 3. The van der Waals surface area contributed by atoms with Gasteiger partial charge in [0.1, 0.15) is 6.04 Å². The smallest absolute Gasteiger partial charge is 0.325 e. The topological polar surface area (TPSA) is 92.4 Å². The first-order valence-electron chi connectivity index (χ1n) is 3.24. The molecule has 11 heavy (non-hydrogen) atoms. The number of carboxylic acids is 1. The molecule has 0 aromatic heterocycles. The molecule has 1 unspecified atom stereocenters. The summed E-state index contributed by atoms with van der Waals surface area (Å²) in [5, 5.41) is 10.6. The van der Waals surface area contributed by atoms with Gasteiger partial charge in [-0.2, -0.15) is 0 Å². The van der Waals surface area contributed by atoms with Crippen LogP contribution in [0.2, 0.25) is 0 Å². The van der Waals surface area contributed by atoms with Gasteiger partial charge in [0.25, 0.3) is 0 Å². The second-order valence-corrected chi connectivity index (χ2v) is 2.36. The van der Waals surface area contributed by atoms with Gasteiger partial charge in [0, 0.05) is 0 Å². The van der Waals surface area contributed by atoms with Crippen LogP contribution in [0, 0.1) is 0 Å². The average molecular weight is 160 g/mol. The standard InChI is InChI=1S/C6H12N2O3/c1-3(7)5(9)8-4(2)6(10)11/h3-4H,7H2,1-2H3,(H,8,9)(H,10,11)/t3-,4?/m1/s1. The minimum atomic E-state index is -1.07. The molecule has 5 heteroatoms. The van der Waals surface area contributed by atoms with E-state index in [4.69, 9.17) is 10.8 Å². The van der Waals surface area contributed by atoms with Crippen LogP contribution in [-0.2, 0) is 9.59 Å². The fourth-order valence-electron chi connectivity index (χ4n) is 0.407. The molecule has 0 aliphatic heterocycles. The molecule has 0 fully saturated rings. The number of nitrogens with two attached hydrogens (primary N) is 1. The highest BCUT2D eigenvalue weighted by Gasteiger charge is 2.15. The molecule has 0 saturated carbocycles. The molecular weight excluding hydrogens is 148 g/mol. The lowest BCUT2D eigenvalue weighted by Crippen LogP contribution is -2.45. The summed E-state index contributed by atoms with van der Waals surface area (Å²) in [6, 6.07) is -1.55. The van der Waals surface area contributed by atoms with E-state index in [9.17, 15) is 9.59 Å². The zero-order chi connectivity index (χ0) is 9.02. The van der Waals surface area contributed by atoms with Crippen LogP contribution >= 0.6 is 0 Å². The Morgan fingerprint density at radius 3 is 2.18 bits per heavy atom. The summed E-state index contributed by atoms with van der Waals surface area (Å²) in [5.74, 6) is -1.53. The molecule has 0 rings (SSSR count). The van der Waals surface area contributed by atoms with Crippen LogP contribution in [0.4, 0.5) is 0 Å². The predicted octanol–water partition coefficient (Wildman–Crippen LogP) is -1.08. The quantitative estimate of drug-likeness (QED) is 0.489. The van der Waals surface area contributed by atoms with Crippen molar-refractivity contribution in [3.63, 3.8) is 0 Å². The van der Waals surface area contributed by atoms with Crippen LogP contribution in [0.25, 0.3) is 0 Å². The Kier molecular flexibility index (Phi) is 3.53. The average Bonchev–Trinajstić information content (AvgIpc) is 1.87. The number of carbonyl (C=O) groups is 2. The lowest BCUT2D eigenvalue weighted by atomic mass is 10.3. The first-order chi connectivity index (χ1) is 4.95. The summed E-state index contributed by atoms with van der Waals surface area (Å²) >= 11 is 0. The molecule has 0 aliphatic carbocycles. The second-order valence-electron chi connectivity index (χ2n) is 2.36. The summed E-state index contributed by atoms with van der Waals surface area (Å²) in [6.07, 6.45) is 0. The molecule has 4 N–H and O–H groups in total. The Morgan fingerprint density at radius 2 is 1.91 bits per heavy atom. The summed E-state index contributed by atoms with van der Waals surface area (Å²) in [6.45, 7) is 2.87. The summed E-state index contributed by atoms with van der Waals surface area (Å²) in [7, 11) is 0. The summed E-state index contributed by atoms with van der Waals surface area (Å²) < 4.78 is 0. The van der Waals surface area contributed by atoms with Crippen molar-refractivity contribution in [2.75, 3.05) is 0 Å². The van der Waals surface area contributed by atoms with Crippen LogP contribution in [0.1, 0.15) is 13.8 Å². The fourth-order valence-corrected chi connectivity index (χ4v) is 0.407. The number of amides is 1. The second kappa shape index (κ2) is 3.92. The molecule has 0 aromatic rings. The van der Waals surface area contributed by atoms with E-state index in [2.05, 4.69) is 5.32 Å². The minimum absolute atomic E-state index is 0.458.